The van der Waals surface area contributed by atoms with Gasteiger partial charge in [0, 0.05) is 18.7 Å². The van der Waals surface area contributed by atoms with E-state index < -0.39 is 0 Å². The summed E-state index contributed by atoms with van der Waals surface area (Å²) in [6.07, 6.45) is 3.05. The van der Waals surface area contributed by atoms with Gasteiger partial charge in [0.2, 0.25) is 0 Å². The summed E-state index contributed by atoms with van der Waals surface area (Å²) in [4.78, 5) is 14.7. The highest BCUT2D eigenvalue weighted by atomic mass is 16.5. The van der Waals surface area contributed by atoms with Crippen molar-refractivity contribution in [2.24, 2.45) is 0 Å². The van der Waals surface area contributed by atoms with Crippen LogP contribution < -0.4 is 23.8 Å². The number of nitriles is 1. The molecule has 0 bridgehead atoms. The first-order valence-corrected chi connectivity index (χ1v) is 11.7. The van der Waals surface area contributed by atoms with E-state index in [4.69, 9.17) is 18.9 Å². The molecule has 1 amide bonds. The van der Waals surface area contributed by atoms with Gasteiger partial charge in [-0.15, -0.1) is 0 Å². The van der Waals surface area contributed by atoms with E-state index in [1.807, 2.05) is 48.5 Å². The van der Waals surface area contributed by atoms with Crippen LogP contribution in [-0.4, -0.2) is 39.9 Å². The molecule has 0 fully saturated rings. The third kappa shape index (κ3) is 5.78. The Morgan fingerprint density at radius 1 is 0.944 bits per heavy atom. The van der Waals surface area contributed by atoms with Gasteiger partial charge in [-0.25, -0.2) is 0 Å². The van der Waals surface area contributed by atoms with E-state index >= 15 is 0 Å². The molecule has 36 heavy (non-hydrogen) atoms. The zero-order valence-corrected chi connectivity index (χ0v) is 20.4. The summed E-state index contributed by atoms with van der Waals surface area (Å²) in [5.74, 6) is 2.35. The van der Waals surface area contributed by atoms with Gasteiger partial charge in [-0.1, -0.05) is 24.3 Å². The van der Waals surface area contributed by atoms with Crippen LogP contribution in [-0.2, 0) is 11.2 Å². The Balaban J connectivity index is 1.35. The van der Waals surface area contributed by atoms with Crippen molar-refractivity contribution in [2.75, 3.05) is 38.9 Å². The normalized spacial score (nSPS) is 12.5. The SMILES string of the molecule is COc1ccc(OCCCOc2ccc(C=C(C#N)C(=O)N3CCc4ccccc43)cc2OC)cc1. The van der Waals surface area contributed by atoms with Crippen LogP contribution >= 0.6 is 0 Å². The van der Waals surface area contributed by atoms with E-state index in [1.165, 1.54) is 0 Å². The lowest BCUT2D eigenvalue weighted by molar-refractivity contribution is -0.114. The molecule has 0 unspecified atom stereocenters. The lowest BCUT2D eigenvalue weighted by Gasteiger charge is -2.16. The van der Waals surface area contributed by atoms with Crippen molar-refractivity contribution in [1.82, 2.24) is 0 Å². The molecule has 1 aliphatic heterocycles. The minimum atomic E-state index is -0.307. The maximum absolute atomic E-state index is 13.1. The fourth-order valence-electron chi connectivity index (χ4n) is 4.00. The van der Waals surface area contributed by atoms with Crippen LogP contribution in [0.3, 0.4) is 0 Å². The molecule has 0 N–H and O–H groups in total. The minimum Gasteiger partial charge on any atom is -0.497 e. The molecule has 1 heterocycles. The van der Waals surface area contributed by atoms with Gasteiger partial charge in [-0.2, -0.15) is 5.26 Å². The fourth-order valence-corrected chi connectivity index (χ4v) is 4.00. The molecular formula is C29H28N2O5. The van der Waals surface area contributed by atoms with Crippen LogP contribution in [0.4, 0.5) is 5.69 Å². The van der Waals surface area contributed by atoms with Crippen molar-refractivity contribution >= 4 is 17.7 Å². The Kier molecular flexibility index (Phi) is 8.09. The first kappa shape index (κ1) is 24.7. The number of para-hydroxylation sites is 1. The number of ether oxygens (including phenoxy) is 4. The van der Waals surface area contributed by atoms with E-state index in [1.54, 1.807) is 43.4 Å². The van der Waals surface area contributed by atoms with Gasteiger partial charge in [0.1, 0.15) is 23.1 Å². The standard InChI is InChI=1S/C29H28N2O5/c1-33-24-9-11-25(12-10-24)35-16-5-17-36-27-13-8-21(19-28(27)34-2)18-23(20-30)29(32)31-15-14-22-6-3-4-7-26(22)31/h3-4,6-13,18-19H,5,14-17H2,1-2H3. The number of benzene rings is 3. The van der Waals surface area contributed by atoms with Gasteiger partial charge in [0.25, 0.3) is 5.91 Å². The molecule has 0 aliphatic carbocycles. The smallest absolute Gasteiger partial charge is 0.268 e. The molecule has 0 aromatic heterocycles. The third-order valence-electron chi connectivity index (χ3n) is 5.86. The maximum Gasteiger partial charge on any atom is 0.268 e. The number of hydrogen-bond acceptors (Lipinski definition) is 6. The minimum absolute atomic E-state index is 0.0677. The van der Waals surface area contributed by atoms with Crippen LogP contribution in [0.2, 0.25) is 0 Å². The molecule has 3 aromatic carbocycles. The first-order valence-electron chi connectivity index (χ1n) is 11.7. The highest BCUT2D eigenvalue weighted by Gasteiger charge is 2.26. The number of fused-ring (bicyclic) bond motifs is 1. The van der Waals surface area contributed by atoms with Crippen molar-refractivity contribution in [2.45, 2.75) is 12.8 Å². The highest BCUT2D eigenvalue weighted by Crippen LogP contribution is 2.31. The van der Waals surface area contributed by atoms with Crippen LogP contribution in [0, 0.1) is 11.3 Å². The number of carbonyl (C=O) groups excluding carboxylic acids is 1. The predicted octanol–water partition coefficient (Wildman–Crippen LogP) is 5.05. The quantitative estimate of drug-likeness (QED) is 0.228. The second-order valence-electron chi connectivity index (χ2n) is 8.14. The van der Waals surface area contributed by atoms with Gasteiger partial charge in [-0.05, 0) is 66.1 Å². The fraction of sp³-hybridized carbons (Fsp3) is 0.241. The molecular weight excluding hydrogens is 456 g/mol. The third-order valence-corrected chi connectivity index (χ3v) is 5.86. The van der Waals surface area contributed by atoms with Crippen LogP contribution in [0.5, 0.6) is 23.0 Å². The topological polar surface area (TPSA) is 81.0 Å². The summed E-state index contributed by atoms with van der Waals surface area (Å²) >= 11 is 0. The monoisotopic (exact) mass is 484 g/mol. The number of anilines is 1. The first-order chi connectivity index (χ1) is 17.6. The lowest BCUT2D eigenvalue weighted by atomic mass is 10.1. The summed E-state index contributed by atoms with van der Waals surface area (Å²) in [5.41, 5.74) is 2.72. The average molecular weight is 485 g/mol. The summed E-state index contributed by atoms with van der Waals surface area (Å²) in [6, 6.07) is 22.6. The predicted molar refractivity (Wildman–Crippen MR) is 138 cm³/mol. The zero-order chi connectivity index (χ0) is 25.3. The van der Waals surface area contributed by atoms with E-state index in [0.717, 1.165) is 29.2 Å². The molecule has 184 valence electrons. The second kappa shape index (κ2) is 11.8. The average Bonchev–Trinajstić information content (AvgIpc) is 3.36. The molecule has 0 spiro atoms. The van der Waals surface area contributed by atoms with Gasteiger partial charge >= 0.3 is 0 Å². The van der Waals surface area contributed by atoms with Gasteiger partial charge < -0.3 is 23.8 Å². The Morgan fingerprint density at radius 3 is 2.44 bits per heavy atom. The molecule has 0 radical (unpaired) electrons. The lowest BCUT2D eigenvalue weighted by Crippen LogP contribution is -2.29. The van der Waals surface area contributed by atoms with E-state index in [2.05, 4.69) is 6.07 Å². The second-order valence-corrected chi connectivity index (χ2v) is 8.14. The Hall–Kier alpha value is -4.44. The summed E-state index contributed by atoms with van der Waals surface area (Å²) in [5, 5.41) is 9.68. The molecule has 0 saturated heterocycles. The van der Waals surface area contributed by atoms with Crippen LogP contribution in [0.15, 0.2) is 72.3 Å². The van der Waals surface area contributed by atoms with Crippen LogP contribution in [0.1, 0.15) is 17.5 Å². The van der Waals surface area contributed by atoms with Gasteiger partial charge in [0.15, 0.2) is 11.5 Å². The van der Waals surface area contributed by atoms with Crippen molar-refractivity contribution in [3.05, 3.63) is 83.4 Å². The number of nitrogens with zero attached hydrogens (tertiary/aromatic N) is 2. The molecule has 7 heteroatoms. The molecule has 0 saturated carbocycles. The maximum atomic E-state index is 13.1. The molecule has 0 atom stereocenters. The Morgan fingerprint density at radius 2 is 1.69 bits per heavy atom. The summed E-state index contributed by atoms with van der Waals surface area (Å²) in [6.45, 7) is 1.51. The van der Waals surface area contributed by atoms with Crippen LogP contribution in [0.25, 0.3) is 6.08 Å². The number of methoxy groups -OCH3 is 2. The highest BCUT2D eigenvalue weighted by molar-refractivity contribution is 6.12. The number of hydrogen-bond donors (Lipinski definition) is 0. The van der Waals surface area contributed by atoms with Gasteiger partial charge in [0.05, 0.1) is 27.4 Å². The zero-order valence-electron chi connectivity index (χ0n) is 20.4. The molecule has 4 rings (SSSR count). The van der Waals surface area contributed by atoms with Gasteiger partial charge in [-0.3, -0.25) is 4.79 Å². The Labute approximate surface area is 211 Å². The number of amides is 1. The number of rotatable bonds is 10. The van der Waals surface area contributed by atoms with Crippen molar-refractivity contribution < 1.29 is 23.7 Å². The molecule has 3 aromatic rings. The molecule has 7 nitrogen and oxygen atoms in total. The molecule has 1 aliphatic rings. The Bertz CT molecular complexity index is 1280. The van der Waals surface area contributed by atoms with E-state index in [-0.39, 0.29) is 11.5 Å². The van der Waals surface area contributed by atoms with Crippen molar-refractivity contribution in [3.8, 4) is 29.1 Å². The summed E-state index contributed by atoms with van der Waals surface area (Å²) < 4.78 is 22.2. The summed E-state index contributed by atoms with van der Waals surface area (Å²) in [7, 11) is 3.18. The van der Waals surface area contributed by atoms with Crippen molar-refractivity contribution in [3.63, 3.8) is 0 Å². The van der Waals surface area contributed by atoms with E-state index in [9.17, 15) is 10.1 Å². The van der Waals surface area contributed by atoms with E-state index in [0.29, 0.717) is 43.2 Å². The van der Waals surface area contributed by atoms with Crippen molar-refractivity contribution in [1.29, 1.82) is 5.26 Å². The number of carbonyl (C=O) groups is 1. The largest absolute Gasteiger partial charge is 0.497 e.